The van der Waals surface area contributed by atoms with Gasteiger partial charge < -0.3 is 10.2 Å². The highest BCUT2D eigenvalue weighted by atomic mass is 16.2. The Kier molecular flexibility index (Phi) is 5.23. The highest BCUT2D eigenvalue weighted by molar-refractivity contribution is 5.79. The fraction of sp³-hybridized carbons (Fsp3) is 0.333. The molecule has 1 N–H and O–H groups in total. The molecule has 25 heavy (non-hydrogen) atoms. The van der Waals surface area contributed by atoms with Gasteiger partial charge in [0.1, 0.15) is 6.54 Å². The van der Waals surface area contributed by atoms with Crippen LogP contribution in [0.3, 0.4) is 0 Å². The normalized spacial score (nSPS) is 15.2. The molecule has 7 heteroatoms. The van der Waals surface area contributed by atoms with Crippen molar-refractivity contribution in [2.24, 2.45) is 0 Å². The second kappa shape index (κ2) is 7.74. The fourth-order valence-electron chi connectivity index (χ4n) is 2.94. The van der Waals surface area contributed by atoms with E-state index in [1.54, 1.807) is 11.0 Å². The van der Waals surface area contributed by atoms with Crippen molar-refractivity contribution in [3.05, 3.63) is 64.8 Å². The molecule has 0 bridgehead atoms. The quantitative estimate of drug-likeness (QED) is 0.840. The maximum atomic E-state index is 12.4. The molecule has 1 aromatic carbocycles. The largest absolute Gasteiger partial charge is 0.347 e. The van der Waals surface area contributed by atoms with Crippen molar-refractivity contribution < 1.29 is 9.59 Å². The minimum Gasteiger partial charge on any atom is -0.346 e. The van der Waals surface area contributed by atoms with Crippen LogP contribution in [-0.4, -0.2) is 39.4 Å². The molecule has 0 spiro atoms. The van der Waals surface area contributed by atoms with Gasteiger partial charge in [0.15, 0.2) is 0 Å². The maximum Gasteiger partial charge on any atom is 0.347 e. The van der Waals surface area contributed by atoms with Crippen LogP contribution in [0.1, 0.15) is 24.4 Å². The summed E-state index contributed by atoms with van der Waals surface area (Å²) in [5.41, 5.74) is 0.456. The molecule has 1 saturated heterocycles. The number of hydrogen-bond acceptors (Lipinski definition) is 4. The lowest BCUT2D eigenvalue weighted by atomic mass is 10.1. The first kappa shape index (κ1) is 16.9. The van der Waals surface area contributed by atoms with Gasteiger partial charge in [-0.3, -0.25) is 14.2 Å². The maximum absolute atomic E-state index is 12.4. The van der Waals surface area contributed by atoms with Crippen LogP contribution in [0.4, 0.5) is 0 Å². The van der Waals surface area contributed by atoms with Crippen LogP contribution < -0.4 is 11.0 Å². The Balaban J connectivity index is 1.73. The SMILES string of the molecule is O=C(Cn1cccnc1=O)N[C@H](CN1CCCC1=O)c1ccccc1. The van der Waals surface area contributed by atoms with Crippen LogP contribution >= 0.6 is 0 Å². The highest BCUT2D eigenvalue weighted by Crippen LogP contribution is 2.18. The molecule has 1 fully saturated rings. The van der Waals surface area contributed by atoms with Crippen LogP contribution in [0.25, 0.3) is 0 Å². The van der Waals surface area contributed by atoms with E-state index < -0.39 is 5.69 Å². The first-order chi connectivity index (χ1) is 12.1. The smallest absolute Gasteiger partial charge is 0.346 e. The summed E-state index contributed by atoms with van der Waals surface area (Å²) in [6.45, 7) is 1.03. The standard InChI is InChI=1S/C18H20N4O3/c23-16(13-22-11-5-9-19-18(22)25)20-15(14-6-2-1-3-7-14)12-21-10-4-8-17(21)24/h1-3,5-7,9,11,15H,4,8,10,12-13H2,(H,20,23)/t15-/m1/s1. The first-order valence-corrected chi connectivity index (χ1v) is 8.27. The van der Waals surface area contributed by atoms with E-state index in [0.29, 0.717) is 19.5 Å². The van der Waals surface area contributed by atoms with Crippen LogP contribution in [0.5, 0.6) is 0 Å². The summed E-state index contributed by atoms with van der Waals surface area (Å²) in [6, 6.07) is 10.8. The van der Waals surface area contributed by atoms with E-state index in [2.05, 4.69) is 10.3 Å². The van der Waals surface area contributed by atoms with Gasteiger partial charge in [0.2, 0.25) is 11.8 Å². The van der Waals surface area contributed by atoms with Crippen molar-refractivity contribution >= 4 is 11.8 Å². The van der Waals surface area contributed by atoms with Crippen LogP contribution in [0.15, 0.2) is 53.6 Å². The molecule has 0 unspecified atom stereocenters. The second-order valence-corrected chi connectivity index (χ2v) is 6.00. The van der Waals surface area contributed by atoms with E-state index >= 15 is 0 Å². The number of hydrogen-bond donors (Lipinski definition) is 1. The third kappa shape index (κ3) is 4.32. The van der Waals surface area contributed by atoms with Crippen molar-refractivity contribution in [2.75, 3.05) is 13.1 Å². The third-order valence-corrected chi connectivity index (χ3v) is 4.21. The van der Waals surface area contributed by atoms with E-state index in [1.807, 2.05) is 30.3 Å². The molecule has 2 heterocycles. The van der Waals surface area contributed by atoms with Crippen molar-refractivity contribution in [1.29, 1.82) is 0 Å². The fourth-order valence-corrected chi connectivity index (χ4v) is 2.94. The van der Waals surface area contributed by atoms with Crippen LogP contribution in [-0.2, 0) is 16.1 Å². The minimum atomic E-state index is -0.469. The number of carbonyl (C=O) groups excluding carboxylic acids is 2. The zero-order valence-corrected chi connectivity index (χ0v) is 13.8. The molecular weight excluding hydrogens is 320 g/mol. The molecule has 0 radical (unpaired) electrons. The van der Waals surface area contributed by atoms with Gasteiger partial charge in [-0.15, -0.1) is 0 Å². The van der Waals surface area contributed by atoms with Crippen molar-refractivity contribution in [1.82, 2.24) is 19.8 Å². The molecule has 0 aliphatic carbocycles. The zero-order valence-electron chi connectivity index (χ0n) is 13.8. The average Bonchev–Trinajstić information content (AvgIpc) is 3.02. The monoisotopic (exact) mass is 340 g/mol. The Labute approximate surface area is 145 Å². The average molecular weight is 340 g/mol. The van der Waals surface area contributed by atoms with Gasteiger partial charge in [-0.05, 0) is 18.1 Å². The Bertz CT molecular complexity index is 803. The molecular formula is C18H20N4O3. The summed E-state index contributed by atoms with van der Waals surface area (Å²) < 4.78 is 1.25. The van der Waals surface area contributed by atoms with E-state index in [1.165, 1.54) is 17.0 Å². The van der Waals surface area contributed by atoms with Gasteiger partial charge in [0.05, 0.1) is 6.04 Å². The van der Waals surface area contributed by atoms with Crippen molar-refractivity contribution in [3.63, 3.8) is 0 Å². The van der Waals surface area contributed by atoms with Gasteiger partial charge >= 0.3 is 5.69 Å². The number of rotatable bonds is 6. The van der Waals surface area contributed by atoms with Crippen molar-refractivity contribution in [2.45, 2.75) is 25.4 Å². The van der Waals surface area contributed by atoms with Crippen LogP contribution in [0, 0.1) is 0 Å². The third-order valence-electron chi connectivity index (χ3n) is 4.21. The number of nitrogens with one attached hydrogen (secondary N) is 1. The summed E-state index contributed by atoms with van der Waals surface area (Å²) in [5.74, 6) is -0.186. The topological polar surface area (TPSA) is 84.3 Å². The number of benzene rings is 1. The molecule has 7 nitrogen and oxygen atoms in total. The first-order valence-electron chi connectivity index (χ1n) is 8.27. The van der Waals surface area contributed by atoms with Crippen LogP contribution in [0.2, 0.25) is 0 Å². The Morgan fingerprint density at radius 3 is 2.68 bits per heavy atom. The lowest BCUT2D eigenvalue weighted by Crippen LogP contribution is -2.40. The van der Waals surface area contributed by atoms with Gasteiger partial charge in [0, 0.05) is 31.9 Å². The molecule has 1 aromatic heterocycles. The Morgan fingerprint density at radius 1 is 1.20 bits per heavy atom. The highest BCUT2D eigenvalue weighted by Gasteiger charge is 2.25. The Hall–Kier alpha value is -2.96. The lowest BCUT2D eigenvalue weighted by molar-refractivity contribution is -0.129. The molecule has 2 amide bonds. The van der Waals surface area contributed by atoms with E-state index in [0.717, 1.165) is 12.0 Å². The second-order valence-electron chi connectivity index (χ2n) is 6.00. The number of nitrogens with zero attached hydrogens (tertiary/aromatic N) is 3. The zero-order chi connectivity index (χ0) is 17.6. The molecule has 2 aromatic rings. The summed E-state index contributed by atoms with van der Waals surface area (Å²) in [6.07, 6.45) is 4.32. The summed E-state index contributed by atoms with van der Waals surface area (Å²) in [7, 11) is 0. The van der Waals surface area contributed by atoms with Gasteiger partial charge in [-0.2, -0.15) is 0 Å². The lowest BCUT2D eigenvalue weighted by Gasteiger charge is -2.25. The van der Waals surface area contributed by atoms with Gasteiger partial charge in [-0.25, -0.2) is 9.78 Å². The van der Waals surface area contributed by atoms with Crippen molar-refractivity contribution in [3.8, 4) is 0 Å². The summed E-state index contributed by atoms with van der Waals surface area (Å²) in [4.78, 5) is 41.4. The van der Waals surface area contributed by atoms with E-state index in [9.17, 15) is 14.4 Å². The van der Waals surface area contributed by atoms with Gasteiger partial charge in [-0.1, -0.05) is 30.3 Å². The summed E-state index contributed by atoms with van der Waals surface area (Å²) in [5, 5.41) is 2.94. The molecule has 0 saturated carbocycles. The predicted octanol–water partition coefficient (Wildman–Crippen LogP) is 0.723. The molecule has 130 valence electrons. The van der Waals surface area contributed by atoms with E-state index in [4.69, 9.17) is 0 Å². The van der Waals surface area contributed by atoms with Gasteiger partial charge in [0.25, 0.3) is 0 Å². The van der Waals surface area contributed by atoms with E-state index in [-0.39, 0.29) is 24.4 Å². The Morgan fingerprint density at radius 2 is 2.00 bits per heavy atom. The number of likely N-dealkylation sites (tertiary alicyclic amines) is 1. The summed E-state index contributed by atoms with van der Waals surface area (Å²) >= 11 is 0. The molecule has 1 aliphatic heterocycles. The number of carbonyl (C=O) groups is 2. The molecule has 1 atom stereocenters. The molecule has 1 aliphatic rings. The molecule has 3 rings (SSSR count). The number of amides is 2. The number of aromatic nitrogens is 2. The predicted molar refractivity (Wildman–Crippen MR) is 91.6 cm³/mol. The minimum absolute atomic E-state index is 0.107.